The van der Waals surface area contributed by atoms with Crippen molar-refractivity contribution in [2.45, 2.75) is 0 Å². The van der Waals surface area contributed by atoms with Crippen molar-refractivity contribution < 1.29 is 19.8 Å². The molecular formula is C22H20N4O4. The highest BCUT2D eigenvalue weighted by atomic mass is 16.4. The molecule has 0 spiro atoms. The van der Waals surface area contributed by atoms with Gasteiger partial charge in [-0.05, 0) is 47.5 Å². The molecule has 0 saturated heterocycles. The van der Waals surface area contributed by atoms with Crippen LogP contribution in [0.25, 0.3) is 12.2 Å². The van der Waals surface area contributed by atoms with E-state index < -0.39 is 11.9 Å². The summed E-state index contributed by atoms with van der Waals surface area (Å²) in [4.78, 5) is 26.2. The average molecular weight is 404 g/mol. The molecule has 0 unspecified atom stereocenters. The number of benzene rings is 2. The number of carboxylic acids is 2. The van der Waals surface area contributed by atoms with E-state index in [0.717, 1.165) is 17.7 Å². The van der Waals surface area contributed by atoms with E-state index in [4.69, 9.17) is 10.2 Å². The van der Waals surface area contributed by atoms with Crippen LogP contribution in [0.15, 0.2) is 70.8 Å². The van der Waals surface area contributed by atoms with Gasteiger partial charge >= 0.3 is 11.9 Å². The van der Waals surface area contributed by atoms with Crippen LogP contribution in [-0.2, 0) is 0 Å². The van der Waals surface area contributed by atoms with Crippen LogP contribution in [-0.4, -0.2) is 46.9 Å². The van der Waals surface area contributed by atoms with Crippen LogP contribution in [0.1, 0.15) is 31.8 Å². The molecule has 4 N–H and O–H groups in total. The van der Waals surface area contributed by atoms with Gasteiger partial charge < -0.3 is 15.5 Å². The molecule has 1 aliphatic rings. The first-order valence-electron chi connectivity index (χ1n) is 9.16. The first-order valence-corrected chi connectivity index (χ1v) is 9.16. The highest BCUT2D eigenvalue weighted by molar-refractivity contribution is 6.09. The summed E-state index contributed by atoms with van der Waals surface area (Å²) < 4.78 is 0. The molecule has 3 rings (SSSR count). The second-order valence-electron chi connectivity index (χ2n) is 6.33. The second kappa shape index (κ2) is 9.83. The van der Waals surface area contributed by atoms with Crippen LogP contribution in [0.5, 0.6) is 0 Å². The minimum atomic E-state index is -0.973. The molecule has 0 bridgehead atoms. The van der Waals surface area contributed by atoms with Crippen molar-refractivity contribution in [3.63, 3.8) is 0 Å². The van der Waals surface area contributed by atoms with Gasteiger partial charge in [-0.3, -0.25) is 0 Å². The zero-order chi connectivity index (χ0) is 21.3. The van der Waals surface area contributed by atoms with E-state index in [9.17, 15) is 9.59 Å². The first kappa shape index (κ1) is 20.5. The van der Waals surface area contributed by atoms with Gasteiger partial charge in [0.1, 0.15) is 0 Å². The number of rotatable bonds is 7. The van der Waals surface area contributed by atoms with Gasteiger partial charge in [-0.2, -0.15) is 5.10 Å². The number of allylic oxidation sites excluding steroid dienone is 2. The van der Waals surface area contributed by atoms with Crippen LogP contribution < -0.4 is 10.7 Å². The van der Waals surface area contributed by atoms with Crippen molar-refractivity contribution in [1.82, 2.24) is 10.7 Å². The largest absolute Gasteiger partial charge is 0.478 e. The van der Waals surface area contributed by atoms with Gasteiger partial charge in [0.25, 0.3) is 0 Å². The zero-order valence-corrected chi connectivity index (χ0v) is 15.9. The van der Waals surface area contributed by atoms with Crippen molar-refractivity contribution in [3.8, 4) is 0 Å². The van der Waals surface area contributed by atoms with Gasteiger partial charge in [0, 0.05) is 6.54 Å². The molecule has 1 heterocycles. The number of hydrogen-bond acceptors (Lipinski definition) is 6. The fraction of sp³-hybridized carbons (Fsp3) is 0.0909. The number of aliphatic imine (C=N–C) groups is 1. The SMILES string of the molecule is O=C(O)c1ccc(C=CC(C=Cc2ccc(C(=O)O)cc2)=NNC2=NCCN2)cc1. The Morgan fingerprint density at radius 1 is 0.900 bits per heavy atom. The Kier molecular flexibility index (Phi) is 6.73. The van der Waals surface area contributed by atoms with Crippen molar-refractivity contribution in [2.24, 2.45) is 10.1 Å². The predicted octanol–water partition coefficient (Wildman–Crippen LogP) is 2.71. The van der Waals surface area contributed by atoms with Crippen molar-refractivity contribution in [3.05, 3.63) is 82.9 Å². The lowest BCUT2D eigenvalue weighted by molar-refractivity contribution is 0.0686. The minimum Gasteiger partial charge on any atom is -0.478 e. The maximum absolute atomic E-state index is 11.0. The van der Waals surface area contributed by atoms with Crippen LogP contribution in [0.4, 0.5) is 0 Å². The maximum atomic E-state index is 11.0. The Balaban J connectivity index is 1.77. The van der Waals surface area contributed by atoms with E-state index in [-0.39, 0.29) is 11.1 Å². The molecule has 0 aromatic heterocycles. The van der Waals surface area contributed by atoms with Gasteiger partial charge in [0.15, 0.2) is 0 Å². The second-order valence-corrected chi connectivity index (χ2v) is 6.33. The van der Waals surface area contributed by atoms with E-state index in [0.29, 0.717) is 18.2 Å². The summed E-state index contributed by atoms with van der Waals surface area (Å²) in [5.74, 6) is -1.36. The molecule has 8 nitrogen and oxygen atoms in total. The summed E-state index contributed by atoms with van der Waals surface area (Å²) in [5.41, 5.74) is 5.55. The molecule has 0 radical (unpaired) electrons. The van der Waals surface area contributed by atoms with Gasteiger partial charge in [-0.25, -0.2) is 20.0 Å². The lowest BCUT2D eigenvalue weighted by Crippen LogP contribution is -2.30. The summed E-state index contributed by atoms with van der Waals surface area (Å²) >= 11 is 0. The lowest BCUT2D eigenvalue weighted by atomic mass is 10.1. The standard InChI is InChI=1S/C22H20N4O4/c27-20(28)17-7-1-15(2-8-17)5-11-19(25-26-22-23-13-14-24-22)12-6-16-3-9-18(10-4-16)21(29)30/h1-12H,13-14H2,(H,27,28)(H,29,30)(H2,23,24,26). The van der Waals surface area contributed by atoms with Crippen LogP contribution in [0.3, 0.4) is 0 Å². The van der Waals surface area contributed by atoms with Crippen LogP contribution in [0.2, 0.25) is 0 Å². The average Bonchev–Trinajstić information content (AvgIpc) is 3.27. The number of guanidine groups is 1. The Morgan fingerprint density at radius 2 is 1.40 bits per heavy atom. The summed E-state index contributed by atoms with van der Waals surface area (Å²) in [6.07, 6.45) is 7.18. The lowest BCUT2D eigenvalue weighted by Gasteiger charge is -2.02. The highest BCUT2D eigenvalue weighted by Crippen LogP contribution is 2.09. The molecule has 30 heavy (non-hydrogen) atoms. The van der Waals surface area contributed by atoms with E-state index in [1.165, 1.54) is 24.3 Å². The number of nitrogens with one attached hydrogen (secondary N) is 2. The van der Waals surface area contributed by atoms with Crippen molar-refractivity contribution in [1.29, 1.82) is 0 Å². The van der Waals surface area contributed by atoms with E-state index in [1.807, 2.05) is 12.2 Å². The van der Waals surface area contributed by atoms with Gasteiger partial charge in [-0.1, -0.05) is 36.4 Å². The molecule has 0 fully saturated rings. The molecule has 8 heteroatoms. The van der Waals surface area contributed by atoms with Gasteiger partial charge in [0.2, 0.25) is 5.96 Å². The fourth-order valence-corrected chi connectivity index (χ4v) is 2.56. The molecular weight excluding hydrogens is 384 g/mol. The van der Waals surface area contributed by atoms with Crippen LogP contribution >= 0.6 is 0 Å². The monoisotopic (exact) mass is 404 g/mol. The molecule has 0 saturated carbocycles. The highest BCUT2D eigenvalue weighted by Gasteiger charge is 2.04. The molecule has 0 amide bonds. The third-order valence-corrected chi connectivity index (χ3v) is 4.17. The van der Waals surface area contributed by atoms with E-state index in [2.05, 4.69) is 20.8 Å². The van der Waals surface area contributed by atoms with Gasteiger partial charge in [0.05, 0.1) is 23.4 Å². The maximum Gasteiger partial charge on any atom is 0.335 e. The third kappa shape index (κ3) is 5.90. The molecule has 0 atom stereocenters. The Morgan fingerprint density at radius 3 is 1.80 bits per heavy atom. The van der Waals surface area contributed by atoms with E-state index in [1.54, 1.807) is 36.4 Å². The fourth-order valence-electron chi connectivity index (χ4n) is 2.56. The Hall–Kier alpha value is -4.20. The number of hydrazone groups is 1. The predicted molar refractivity (Wildman–Crippen MR) is 116 cm³/mol. The summed E-state index contributed by atoms with van der Waals surface area (Å²) in [7, 11) is 0. The molecule has 2 aromatic carbocycles. The molecule has 2 aromatic rings. The number of nitrogens with zero attached hydrogens (tertiary/aromatic N) is 2. The normalized spacial score (nSPS) is 13.1. The summed E-state index contributed by atoms with van der Waals surface area (Å²) in [5, 5.41) is 25.4. The minimum absolute atomic E-state index is 0.220. The number of carbonyl (C=O) groups is 2. The molecule has 1 aliphatic heterocycles. The first-order chi connectivity index (χ1) is 14.5. The Labute approximate surface area is 173 Å². The topological polar surface area (TPSA) is 123 Å². The van der Waals surface area contributed by atoms with Crippen molar-refractivity contribution in [2.75, 3.05) is 13.1 Å². The summed E-state index contributed by atoms with van der Waals surface area (Å²) in [6.45, 7) is 1.44. The molecule has 0 aliphatic carbocycles. The smallest absolute Gasteiger partial charge is 0.335 e. The molecule has 152 valence electrons. The van der Waals surface area contributed by atoms with Crippen molar-refractivity contribution >= 4 is 35.8 Å². The van der Waals surface area contributed by atoms with Crippen LogP contribution in [0, 0.1) is 0 Å². The van der Waals surface area contributed by atoms with E-state index >= 15 is 0 Å². The number of carboxylic acid groups (broad SMARTS) is 2. The summed E-state index contributed by atoms with van der Waals surface area (Å²) in [6, 6.07) is 13.0. The zero-order valence-electron chi connectivity index (χ0n) is 15.9. The quantitative estimate of drug-likeness (QED) is 0.416. The number of aromatic carboxylic acids is 2. The third-order valence-electron chi connectivity index (χ3n) is 4.17. The van der Waals surface area contributed by atoms with Gasteiger partial charge in [-0.15, -0.1) is 0 Å². The Bertz CT molecular complexity index is 966. The number of hydrogen-bond donors (Lipinski definition) is 4.